The van der Waals surface area contributed by atoms with E-state index in [1.54, 1.807) is 31.4 Å². The standard InChI is InChI=1S/C18H19NO3/c1-22-15-9-5-6-13(12-15)16(20)17(21)19-18(10-11-18)14-7-3-2-4-8-14/h2-9,12,16,20H,10-11H2,1H3,(H,19,21)/t16-/m0/s1. The quantitative estimate of drug-likeness (QED) is 0.891. The molecule has 22 heavy (non-hydrogen) atoms. The summed E-state index contributed by atoms with van der Waals surface area (Å²) in [7, 11) is 1.56. The molecular formula is C18H19NO3. The fourth-order valence-electron chi connectivity index (χ4n) is 2.64. The van der Waals surface area contributed by atoms with E-state index < -0.39 is 6.10 Å². The van der Waals surface area contributed by atoms with E-state index in [4.69, 9.17) is 4.74 Å². The van der Waals surface area contributed by atoms with Crippen molar-refractivity contribution in [1.29, 1.82) is 0 Å². The maximum Gasteiger partial charge on any atom is 0.254 e. The number of aliphatic hydroxyl groups is 1. The van der Waals surface area contributed by atoms with Gasteiger partial charge in [0, 0.05) is 0 Å². The van der Waals surface area contributed by atoms with E-state index in [-0.39, 0.29) is 11.4 Å². The predicted molar refractivity (Wildman–Crippen MR) is 83.5 cm³/mol. The smallest absolute Gasteiger partial charge is 0.254 e. The van der Waals surface area contributed by atoms with E-state index in [0.717, 1.165) is 18.4 Å². The molecule has 114 valence electrons. The van der Waals surface area contributed by atoms with Crippen LogP contribution in [0, 0.1) is 0 Å². The third-order valence-electron chi connectivity index (χ3n) is 4.10. The Morgan fingerprint density at radius 3 is 2.55 bits per heavy atom. The zero-order chi connectivity index (χ0) is 15.6. The molecule has 4 nitrogen and oxygen atoms in total. The first-order valence-corrected chi connectivity index (χ1v) is 7.34. The Kier molecular flexibility index (Phi) is 3.86. The van der Waals surface area contributed by atoms with Crippen LogP contribution in [0.5, 0.6) is 5.75 Å². The van der Waals surface area contributed by atoms with Crippen LogP contribution in [0.25, 0.3) is 0 Å². The number of benzene rings is 2. The van der Waals surface area contributed by atoms with Gasteiger partial charge in [0.2, 0.25) is 0 Å². The van der Waals surface area contributed by atoms with Crippen molar-refractivity contribution in [2.45, 2.75) is 24.5 Å². The van der Waals surface area contributed by atoms with Crippen LogP contribution < -0.4 is 10.1 Å². The van der Waals surface area contributed by atoms with Crippen molar-refractivity contribution >= 4 is 5.91 Å². The SMILES string of the molecule is COc1cccc([C@H](O)C(=O)NC2(c3ccccc3)CC2)c1. The maximum atomic E-state index is 12.4. The second-order valence-electron chi connectivity index (χ2n) is 5.62. The monoisotopic (exact) mass is 297 g/mol. The van der Waals surface area contributed by atoms with Gasteiger partial charge >= 0.3 is 0 Å². The lowest BCUT2D eigenvalue weighted by Crippen LogP contribution is -2.38. The molecule has 0 aromatic heterocycles. The number of ether oxygens (including phenoxy) is 1. The number of hydrogen-bond donors (Lipinski definition) is 2. The highest BCUT2D eigenvalue weighted by Gasteiger charge is 2.46. The molecule has 0 radical (unpaired) electrons. The summed E-state index contributed by atoms with van der Waals surface area (Å²) in [5, 5.41) is 13.3. The van der Waals surface area contributed by atoms with Gasteiger partial charge in [-0.3, -0.25) is 4.79 Å². The van der Waals surface area contributed by atoms with Crippen molar-refractivity contribution in [2.75, 3.05) is 7.11 Å². The second-order valence-corrected chi connectivity index (χ2v) is 5.62. The largest absolute Gasteiger partial charge is 0.497 e. The van der Waals surface area contributed by atoms with Gasteiger partial charge in [-0.2, -0.15) is 0 Å². The van der Waals surface area contributed by atoms with Gasteiger partial charge in [-0.25, -0.2) is 0 Å². The van der Waals surface area contributed by atoms with Crippen molar-refractivity contribution < 1.29 is 14.6 Å². The number of nitrogens with one attached hydrogen (secondary N) is 1. The number of methoxy groups -OCH3 is 1. The number of aliphatic hydroxyl groups excluding tert-OH is 1. The number of carbonyl (C=O) groups excluding carboxylic acids is 1. The van der Waals surface area contributed by atoms with Gasteiger partial charge in [0.25, 0.3) is 5.91 Å². The highest BCUT2D eigenvalue weighted by Crippen LogP contribution is 2.45. The summed E-state index contributed by atoms with van der Waals surface area (Å²) in [6.07, 6.45) is 0.595. The molecule has 0 bridgehead atoms. The summed E-state index contributed by atoms with van der Waals surface area (Å²) < 4.78 is 5.12. The minimum atomic E-state index is -1.20. The van der Waals surface area contributed by atoms with E-state index in [9.17, 15) is 9.90 Å². The van der Waals surface area contributed by atoms with Crippen molar-refractivity contribution in [3.8, 4) is 5.75 Å². The Morgan fingerprint density at radius 1 is 1.18 bits per heavy atom. The minimum Gasteiger partial charge on any atom is -0.497 e. The molecule has 4 heteroatoms. The van der Waals surface area contributed by atoms with Crippen LogP contribution in [0.4, 0.5) is 0 Å². The Balaban J connectivity index is 1.74. The van der Waals surface area contributed by atoms with Gasteiger partial charge in [-0.05, 0) is 36.1 Å². The third kappa shape index (κ3) is 2.83. The summed E-state index contributed by atoms with van der Waals surface area (Å²) in [4.78, 5) is 12.4. The highest BCUT2D eigenvalue weighted by atomic mass is 16.5. The molecule has 3 rings (SSSR count). The van der Waals surface area contributed by atoms with Crippen LogP contribution in [0.2, 0.25) is 0 Å². The van der Waals surface area contributed by atoms with Gasteiger partial charge in [-0.1, -0.05) is 42.5 Å². The molecule has 2 aromatic rings. The molecule has 0 unspecified atom stereocenters. The summed E-state index contributed by atoms with van der Waals surface area (Å²) in [5.41, 5.74) is 1.29. The molecule has 0 heterocycles. The van der Waals surface area contributed by atoms with Gasteiger partial charge in [0.1, 0.15) is 5.75 Å². The Morgan fingerprint density at radius 2 is 1.91 bits per heavy atom. The first-order chi connectivity index (χ1) is 10.6. The summed E-state index contributed by atoms with van der Waals surface area (Å²) >= 11 is 0. The molecule has 1 aliphatic rings. The van der Waals surface area contributed by atoms with Crippen molar-refractivity contribution in [3.63, 3.8) is 0 Å². The Labute approximate surface area is 129 Å². The molecule has 2 aromatic carbocycles. The summed E-state index contributed by atoms with van der Waals surface area (Å²) in [6, 6.07) is 16.8. The number of rotatable bonds is 5. The van der Waals surface area contributed by atoms with Crippen LogP contribution in [-0.4, -0.2) is 18.1 Å². The first kappa shape index (κ1) is 14.6. The molecule has 2 N–H and O–H groups in total. The Hall–Kier alpha value is -2.33. The molecule has 1 amide bonds. The van der Waals surface area contributed by atoms with Crippen LogP contribution in [0.1, 0.15) is 30.1 Å². The van der Waals surface area contributed by atoms with Crippen molar-refractivity contribution in [2.24, 2.45) is 0 Å². The normalized spacial score (nSPS) is 16.6. The fourth-order valence-corrected chi connectivity index (χ4v) is 2.64. The zero-order valence-electron chi connectivity index (χ0n) is 12.5. The zero-order valence-corrected chi connectivity index (χ0v) is 12.5. The van der Waals surface area contributed by atoms with E-state index in [2.05, 4.69) is 5.32 Å². The lowest BCUT2D eigenvalue weighted by Gasteiger charge is -2.20. The second kappa shape index (κ2) is 5.81. The van der Waals surface area contributed by atoms with Crippen LogP contribution in [0.3, 0.4) is 0 Å². The minimum absolute atomic E-state index is 0.321. The van der Waals surface area contributed by atoms with Gasteiger partial charge < -0.3 is 15.2 Å². The molecule has 1 saturated carbocycles. The maximum absolute atomic E-state index is 12.4. The van der Waals surface area contributed by atoms with Crippen molar-refractivity contribution in [1.82, 2.24) is 5.32 Å². The lowest BCUT2D eigenvalue weighted by atomic mass is 10.0. The first-order valence-electron chi connectivity index (χ1n) is 7.34. The predicted octanol–water partition coefficient (Wildman–Crippen LogP) is 2.53. The highest BCUT2D eigenvalue weighted by molar-refractivity contribution is 5.83. The number of hydrogen-bond acceptors (Lipinski definition) is 3. The van der Waals surface area contributed by atoms with E-state index >= 15 is 0 Å². The summed E-state index contributed by atoms with van der Waals surface area (Å²) in [5.74, 6) is 0.239. The van der Waals surface area contributed by atoms with Gasteiger partial charge in [0.05, 0.1) is 12.6 Å². The molecule has 1 aliphatic carbocycles. The average Bonchev–Trinajstić information content (AvgIpc) is 3.35. The van der Waals surface area contributed by atoms with E-state index in [1.807, 2.05) is 30.3 Å². The number of carbonyl (C=O) groups is 1. The van der Waals surface area contributed by atoms with Crippen molar-refractivity contribution in [3.05, 3.63) is 65.7 Å². The fraction of sp³-hybridized carbons (Fsp3) is 0.278. The van der Waals surface area contributed by atoms with Crippen LogP contribution in [-0.2, 0) is 10.3 Å². The molecule has 0 saturated heterocycles. The lowest BCUT2D eigenvalue weighted by molar-refractivity contribution is -0.130. The van der Waals surface area contributed by atoms with Gasteiger partial charge in [-0.15, -0.1) is 0 Å². The molecule has 0 spiro atoms. The molecular weight excluding hydrogens is 278 g/mol. The van der Waals surface area contributed by atoms with Crippen LogP contribution >= 0.6 is 0 Å². The van der Waals surface area contributed by atoms with E-state index in [1.165, 1.54) is 0 Å². The van der Waals surface area contributed by atoms with Crippen LogP contribution in [0.15, 0.2) is 54.6 Å². The molecule has 1 fully saturated rings. The number of amides is 1. The molecule has 0 aliphatic heterocycles. The topological polar surface area (TPSA) is 58.6 Å². The third-order valence-corrected chi connectivity index (χ3v) is 4.10. The summed E-state index contributed by atoms with van der Waals surface area (Å²) in [6.45, 7) is 0. The average molecular weight is 297 g/mol. The Bertz CT molecular complexity index is 665. The molecule has 1 atom stereocenters. The van der Waals surface area contributed by atoms with E-state index in [0.29, 0.717) is 11.3 Å². The van der Waals surface area contributed by atoms with Gasteiger partial charge in [0.15, 0.2) is 6.10 Å².